The Morgan fingerprint density at radius 2 is 1.92 bits per heavy atom. The molecule has 1 atom stereocenters. The number of carbonyl (C=O) groups excluding carboxylic acids is 2. The first-order chi connectivity index (χ1) is 11.4. The number of aryl methyl sites for hydroxylation is 3. The van der Waals surface area contributed by atoms with E-state index in [9.17, 15) is 9.59 Å². The lowest BCUT2D eigenvalue weighted by Gasteiger charge is -2.25. The van der Waals surface area contributed by atoms with Gasteiger partial charge in [0.2, 0.25) is 11.8 Å². The second-order valence-electron chi connectivity index (χ2n) is 6.61. The molecule has 0 aliphatic carbocycles. The number of carbonyl (C=O) groups is 2. The zero-order chi connectivity index (χ0) is 17.7. The van der Waals surface area contributed by atoms with Crippen molar-refractivity contribution in [1.29, 1.82) is 0 Å². The van der Waals surface area contributed by atoms with Gasteiger partial charge in [-0.3, -0.25) is 9.59 Å². The summed E-state index contributed by atoms with van der Waals surface area (Å²) in [4.78, 5) is 25.9. The first kappa shape index (κ1) is 18.5. The smallest absolute Gasteiger partial charge is 0.223 e. The van der Waals surface area contributed by atoms with Gasteiger partial charge >= 0.3 is 0 Å². The van der Waals surface area contributed by atoms with E-state index in [0.29, 0.717) is 19.5 Å². The van der Waals surface area contributed by atoms with Gasteiger partial charge in [-0.05, 0) is 44.7 Å². The van der Waals surface area contributed by atoms with Crippen molar-refractivity contribution in [3.63, 3.8) is 0 Å². The summed E-state index contributed by atoms with van der Waals surface area (Å²) >= 11 is 0. The molecule has 2 rings (SSSR count). The predicted octanol–water partition coefficient (Wildman–Crippen LogP) is 2.65. The summed E-state index contributed by atoms with van der Waals surface area (Å²) in [5.41, 5.74) is 4.21. The van der Waals surface area contributed by atoms with Crippen LogP contribution in [0.3, 0.4) is 0 Å². The molecule has 1 fully saturated rings. The van der Waals surface area contributed by atoms with Crippen molar-refractivity contribution in [2.24, 2.45) is 0 Å². The highest BCUT2D eigenvalue weighted by molar-refractivity contribution is 5.94. The van der Waals surface area contributed by atoms with E-state index < -0.39 is 0 Å². The van der Waals surface area contributed by atoms with Crippen molar-refractivity contribution in [1.82, 2.24) is 5.32 Å². The van der Waals surface area contributed by atoms with Gasteiger partial charge in [0.05, 0.1) is 6.10 Å². The molecule has 1 heterocycles. The molecule has 5 nitrogen and oxygen atoms in total. The van der Waals surface area contributed by atoms with E-state index in [4.69, 9.17) is 4.74 Å². The third kappa shape index (κ3) is 4.81. The Hall–Kier alpha value is -1.88. The van der Waals surface area contributed by atoms with Gasteiger partial charge in [0.15, 0.2) is 0 Å². The normalized spacial score (nSPS) is 16.9. The number of nitrogens with one attached hydrogen (secondary N) is 1. The van der Waals surface area contributed by atoms with Gasteiger partial charge in [-0.2, -0.15) is 0 Å². The summed E-state index contributed by atoms with van der Waals surface area (Å²) in [5, 5.41) is 2.91. The third-order valence-corrected chi connectivity index (χ3v) is 4.40. The van der Waals surface area contributed by atoms with E-state index in [0.717, 1.165) is 36.3 Å². The fourth-order valence-electron chi connectivity index (χ4n) is 3.36. The zero-order valence-corrected chi connectivity index (χ0v) is 15.1. The van der Waals surface area contributed by atoms with Crippen LogP contribution in [0.2, 0.25) is 0 Å². The van der Waals surface area contributed by atoms with Gasteiger partial charge in [-0.25, -0.2) is 0 Å². The van der Waals surface area contributed by atoms with Crippen molar-refractivity contribution >= 4 is 17.5 Å². The molecule has 2 amide bonds. The molecule has 0 bridgehead atoms. The Kier molecular flexibility index (Phi) is 6.37. The number of rotatable bonds is 6. The lowest BCUT2D eigenvalue weighted by molar-refractivity contribution is -0.121. The molecule has 1 N–H and O–H groups in total. The zero-order valence-electron chi connectivity index (χ0n) is 15.1. The fourth-order valence-corrected chi connectivity index (χ4v) is 3.36. The van der Waals surface area contributed by atoms with Crippen LogP contribution in [0.15, 0.2) is 12.1 Å². The summed E-state index contributed by atoms with van der Waals surface area (Å²) in [5.74, 6) is -0.0869. The molecule has 1 aromatic rings. The molecule has 1 aliphatic rings. The van der Waals surface area contributed by atoms with Crippen molar-refractivity contribution < 1.29 is 14.3 Å². The average Bonchev–Trinajstić information content (AvgIpc) is 3.00. The molecule has 1 unspecified atom stereocenters. The van der Waals surface area contributed by atoms with Crippen molar-refractivity contribution in [2.45, 2.75) is 53.1 Å². The summed E-state index contributed by atoms with van der Waals surface area (Å²) in [7, 11) is 0. The number of benzene rings is 1. The van der Waals surface area contributed by atoms with Crippen LogP contribution >= 0.6 is 0 Å². The largest absolute Gasteiger partial charge is 0.376 e. The first-order valence-electron chi connectivity index (χ1n) is 8.62. The number of ether oxygens (including phenoxy) is 1. The minimum Gasteiger partial charge on any atom is -0.376 e. The lowest BCUT2D eigenvalue weighted by Crippen LogP contribution is -2.37. The van der Waals surface area contributed by atoms with Crippen LogP contribution in [-0.2, 0) is 14.3 Å². The van der Waals surface area contributed by atoms with E-state index in [1.165, 1.54) is 5.56 Å². The summed E-state index contributed by atoms with van der Waals surface area (Å²) in [6.07, 6.45) is 2.49. The number of hydrogen-bond acceptors (Lipinski definition) is 3. The molecule has 0 aromatic heterocycles. The Morgan fingerprint density at radius 1 is 1.25 bits per heavy atom. The molecule has 0 saturated carbocycles. The van der Waals surface area contributed by atoms with Gasteiger partial charge in [0, 0.05) is 38.7 Å². The highest BCUT2D eigenvalue weighted by atomic mass is 16.5. The molecule has 1 aromatic carbocycles. The van der Waals surface area contributed by atoms with Crippen LogP contribution in [0.4, 0.5) is 5.69 Å². The molecule has 1 saturated heterocycles. The van der Waals surface area contributed by atoms with E-state index >= 15 is 0 Å². The highest BCUT2D eigenvalue weighted by Gasteiger charge is 2.19. The van der Waals surface area contributed by atoms with Crippen LogP contribution < -0.4 is 10.2 Å². The fraction of sp³-hybridized carbons (Fsp3) is 0.579. The summed E-state index contributed by atoms with van der Waals surface area (Å²) in [6, 6.07) is 4.13. The average molecular weight is 332 g/mol. The molecular formula is C19H28N2O3. The number of hydrogen-bond donors (Lipinski definition) is 1. The maximum Gasteiger partial charge on any atom is 0.223 e. The van der Waals surface area contributed by atoms with Gasteiger partial charge in [-0.1, -0.05) is 17.7 Å². The number of anilines is 1. The molecule has 0 radical (unpaired) electrons. The topological polar surface area (TPSA) is 58.6 Å². The molecular weight excluding hydrogens is 304 g/mol. The Bertz CT molecular complexity index is 584. The lowest BCUT2D eigenvalue weighted by atomic mass is 10.0. The van der Waals surface area contributed by atoms with E-state index in [2.05, 4.69) is 17.4 Å². The van der Waals surface area contributed by atoms with Crippen LogP contribution in [0.1, 0.15) is 42.9 Å². The van der Waals surface area contributed by atoms with Crippen LogP contribution in [0.25, 0.3) is 0 Å². The number of amides is 2. The maximum absolute atomic E-state index is 12.1. The molecule has 5 heteroatoms. The summed E-state index contributed by atoms with van der Waals surface area (Å²) in [6.45, 7) is 9.32. The second kappa shape index (κ2) is 8.29. The van der Waals surface area contributed by atoms with Gasteiger partial charge < -0.3 is 15.0 Å². The highest BCUT2D eigenvalue weighted by Crippen LogP contribution is 2.26. The monoisotopic (exact) mass is 332 g/mol. The second-order valence-corrected chi connectivity index (χ2v) is 6.61. The quantitative estimate of drug-likeness (QED) is 0.871. The maximum atomic E-state index is 12.1. The van der Waals surface area contributed by atoms with Crippen LogP contribution in [0, 0.1) is 20.8 Å². The standard InChI is InChI=1S/C19H28N2O3/c1-13-10-14(2)19(15(3)11-13)21(16(4)22)8-7-18(23)20-12-17-6-5-9-24-17/h10-11,17H,5-9,12H2,1-4H3,(H,20,23). The molecule has 24 heavy (non-hydrogen) atoms. The Labute approximate surface area is 144 Å². The minimum absolute atomic E-state index is 0.0424. The van der Waals surface area contributed by atoms with Gasteiger partial charge in [0.25, 0.3) is 0 Å². The molecule has 0 spiro atoms. The Balaban J connectivity index is 1.96. The van der Waals surface area contributed by atoms with E-state index in [-0.39, 0.29) is 17.9 Å². The van der Waals surface area contributed by atoms with Crippen molar-refractivity contribution in [3.05, 3.63) is 28.8 Å². The number of nitrogens with zero attached hydrogens (tertiary/aromatic N) is 1. The summed E-state index contributed by atoms with van der Waals surface area (Å²) < 4.78 is 5.50. The molecule has 132 valence electrons. The molecule has 1 aliphatic heterocycles. The first-order valence-corrected chi connectivity index (χ1v) is 8.62. The van der Waals surface area contributed by atoms with Gasteiger partial charge in [0.1, 0.15) is 0 Å². The van der Waals surface area contributed by atoms with Crippen molar-refractivity contribution in [2.75, 3.05) is 24.6 Å². The van der Waals surface area contributed by atoms with Crippen molar-refractivity contribution in [3.8, 4) is 0 Å². The van der Waals surface area contributed by atoms with Crippen LogP contribution in [0.5, 0.6) is 0 Å². The van der Waals surface area contributed by atoms with E-state index in [1.807, 2.05) is 20.8 Å². The van der Waals surface area contributed by atoms with E-state index in [1.54, 1.807) is 11.8 Å². The Morgan fingerprint density at radius 3 is 2.46 bits per heavy atom. The van der Waals surface area contributed by atoms with Gasteiger partial charge in [-0.15, -0.1) is 0 Å². The third-order valence-electron chi connectivity index (χ3n) is 4.40. The van der Waals surface area contributed by atoms with Crippen LogP contribution in [-0.4, -0.2) is 37.6 Å². The minimum atomic E-state index is -0.0445. The SMILES string of the molecule is CC(=O)N(CCC(=O)NCC1CCCO1)c1c(C)cc(C)cc1C. The predicted molar refractivity (Wildman–Crippen MR) is 95.3 cm³/mol.